The Morgan fingerprint density at radius 3 is 2.17 bits per heavy atom. The van der Waals surface area contributed by atoms with Crippen molar-refractivity contribution in [2.75, 3.05) is 12.8 Å². The molecule has 5 aromatic rings. The first-order valence-electron chi connectivity index (χ1n) is 11.5. The van der Waals surface area contributed by atoms with E-state index in [-0.39, 0.29) is 0 Å². The van der Waals surface area contributed by atoms with E-state index in [0.29, 0.717) is 0 Å². The van der Waals surface area contributed by atoms with Crippen molar-refractivity contribution >= 4 is 17.4 Å². The van der Waals surface area contributed by atoms with E-state index < -0.39 is 0 Å². The molecule has 1 heterocycles. The topological polar surface area (TPSA) is 53.1 Å². The van der Waals surface area contributed by atoms with Crippen molar-refractivity contribution in [3.63, 3.8) is 0 Å². The number of rotatable bonds is 7. The first-order chi connectivity index (χ1) is 17.1. The van der Waals surface area contributed by atoms with Crippen molar-refractivity contribution in [3.05, 3.63) is 114 Å². The molecule has 5 heteroatoms. The van der Waals surface area contributed by atoms with Crippen molar-refractivity contribution < 1.29 is 4.74 Å². The van der Waals surface area contributed by atoms with Gasteiger partial charge in [-0.2, -0.15) is 5.10 Å². The average Bonchev–Trinajstić information content (AvgIpc) is 3.26. The smallest absolute Gasteiger partial charge is 0.118 e. The monoisotopic (exact) mass is 477 g/mol. The first-order valence-corrected chi connectivity index (χ1v) is 12.5. The van der Waals surface area contributed by atoms with Crippen LogP contribution in [0, 0.1) is 6.92 Å². The third-order valence-corrected chi connectivity index (χ3v) is 7.12. The number of nitrogens with two attached hydrogens (primary N) is 1. The van der Waals surface area contributed by atoms with E-state index in [9.17, 15) is 0 Å². The molecular weight excluding hydrogens is 450 g/mol. The van der Waals surface area contributed by atoms with Crippen molar-refractivity contribution in [2.24, 2.45) is 0 Å². The Morgan fingerprint density at radius 2 is 1.51 bits per heavy atom. The minimum atomic E-state index is 0.770. The lowest BCUT2D eigenvalue weighted by atomic mass is 9.98. The molecule has 4 aromatic carbocycles. The van der Waals surface area contributed by atoms with Gasteiger partial charge in [-0.3, -0.25) is 0 Å². The summed E-state index contributed by atoms with van der Waals surface area (Å²) >= 11 is 1.74. The molecule has 0 aliphatic heterocycles. The number of benzene rings is 4. The fourth-order valence-corrected chi connectivity index (χ4v) is 5.11. The number of nitrogens with zero attached hydrogens (tertiary/aromatic N) is 2. The molecule has 0 fully saturated rings. The Labute approximate surface area is 210 Å². The van der Waals surface area contributed by atoms with E-state index >= 15 is 0 Å². The molecule has 0 amide bonds. The summed E-state index contributed by atoms with van der Waals surface area (Å²) < 4.78 is 7.28. The molecule has 0 atom stereocenters. The maximum atomic E-state index is 6.56. The van der Waals surface area contributed by atoms with Crippen LogP contribution in [0.4, 0.5) is 5.69 Å². The Bertz CT molecular complexity index is 1430. The van der Waals surface area contributed by atoms with Crippen molar-refractivity contribution in [1.82, 2.24) is 9.78 Å². The third-order valence-electron chi connectivity index (χ3n) is 5.96. The van der Waals surface area contributed by atoms with Crippen LogP contribution in [0.15, 0.2) is 108 Å². The quantitative estimate of drug-likeness (QED) is 0.196. The van der Waals surface area contributed by atoms with Gasteiger partial charge in [-0.15, -0.1) is 11.8 Å². The number of anilines is 1. The highest BCUT2D eigenvalue weighted by Gasteiger charge is 2.20. The number of aryl methyl sites for hydroxylation is 1. The van der Waals surface area contributed by atoms with Gasteiger partial charge in [0.15, 0.2) is 0 Å². The Hall–Kier alpha value is -3.96. The molecule has 174 valence electrons. The second kappa shape index (κ2) is 10.1. The SMILES string of the molecule is COc1ccc(CSc2ccc(-c3c(C)nn(-c4ccccc4)c3-c3ccccc3)cc2N)cc1. The van der Waals surface area contributed by atoms with Crippen LogP contribution in [-0.4, -0.2) is 16.9 Å². The van der Waals surface area contributed by atoms with E-state index in [1.807, 2.05) is 41.1 Å². The van der Waals surface area contributed by atoms with Gasteiger partial charge in [-0.25, -0.2) is 4.68 Å². The predicted molar refractivity (Wildman–Crippen MR) is 146 cm³/mol. The first kappa shape index (κ1) is 22.8. The molecule has 1 aromatic heterocycles. The molecule has 0 unspecified atom stereocenters. The number of para-hydroxylation sites is 1. The summed E-state index contributed by atoms with van der Waals surface area (Å²) in [5, 5.41) is 4.94. The molecule has 35 heavy (non-hydrogen) atoms. The van der Waals surface area contributed by atoms with E-state index in [1.165, 1.54) is 5.56 Å². The largest absolute Gasteiger partial charge is 0.497 e. The van der Waals surface area contributed by atoms with Gasteiger partial charge >= 0.3 is 0 Å². The molecule has 0 spiro atoms. The molecule has 0 aliphatic rings. The van der Waals surface area contributed by atoms with Crippen molar-refractivity contribution in [1.29, 1.82) is 0 Å². The molecule has 0 saturated carbocycles. The highest BCUT2D eigenvalue weighted by Crippen LogP contribution is 2.39. The van der Waals surface area contributed by atoms with Crippen LogP contribution >= 0.6 is 11.8 Å². The van der Waals surface area contributed by atoms with Crippen LogP contribution in [0.25, 0.3) is 28.1 Å². The maximum Gasteiger partial charge on any atom is 0.118 e. The van der Waals surface area contributed by atoms with Gasteiger partial charge in [0, 0.05) is 27.5 Å². The fourth-order valence-electron chi connectivity index (χ4n) is 4.21. The molecule has 2 N–H and O–H groups in total. The summed E-state index contributed by atoms with van der Waals surface area (Å²) in [6, 6.07) is 35.1. The van der Waals surface area contributed by atoms with Gasteiger partial charge in [-0.1, -0.05) is 66.7 Å². The van der Waals surface area contributed by atoms with E-state index in [4.69, 9.17) is 15.6 Å². The maximum absolute atomic E-state index is 6.56. The molecule has 0 aliphatic carbocycles. The van der Waals surface area contributed by atoms with Gasteiger partial charge in [0.05, 0.1) is 24.2 Å². The Morgan fingerprint density at radius 1 is 0.829 bits per heavy atom. The number of thioether (sulfide) groups is 1. The summed E-state index contributed by atoms with van der Waals surface area (Å²) in [6.07, 6.45) is 0. The minimum Gasteiger partial charge on any atom is -0.497 e. The summed E-state index contributed by atoms with van der Waals surface area (Å²) in [6.45, 7) is 2.06. The Balaban J connectivity index is 1.51. The standard InChI is InChI=1S/C30H27N3OS/c1-21-29(30(23-9-5-3-6-10-23)33(32-21)25-11-7-4-8-12-25)24-15-18-28(27(31)19-24)35-20-22-13-16-26(34-2)17-14-22/h3-19H,20,31H2,1-2H3. The molecular formula is C30H27N3OS. The van der Waals surface area contributed by atoms with Crippen LogP contribution in [0.5, 0.6) is 5.75 Å². The highest BCUT2D eigenvalue weighted by atomic mass is 32.2. The van der Waals surface area contributed by atoms with E-state index in [2.05, 4.69) is 73.7 Å². The zero-order valence-electron chi connectivity index (χ0n) is 19.8. The minimum absolute atomic E-state index is 0.770. The molecule has 5 rings (SSSR count). The van der Waals surface area contributed by atoms with Crippen LogP contribution in [0.2, 0.25) is 0 Å². The zero-order chi connectivity index (χ0) is 24.2. The summed E-state index contributed by atoms with van der Waals surface area (Å²) in [4.78, 5) is 1.07. The molecule has 0 radical (unpaired) electrons. The number of aromatic nitrogens is 2. The van der Waals surface area contributed by atoms with E-state index in [1.54, 1.807) is 18.9 Å². The Kier molecular flexibility index (Phi) is 6.59. The van der Waals surface area contributed by atoms with Crippen LogP contribution in [-0.2, 0) is 5.75 Å². The fraction of sp³-hybridized carbons (Fsp3) is 0.100. The van der Waals surface area contributed by atoms with Gasteiger partial charge in [0.2, 0.25) is 0 Å². The van der Waals surface area contributed by atoms with Crippen LogP contribution in [0.3, 0.4) is 0 Å². The number of methoxy groups -OCH3 is 1. The molecule has 0 saturated heterocycles. The van der Waals surface area contributed by atoms with Gasteiger partial charge in [0.25, 0.3) is 0 Å². The predicted octanol–water partition coefficient (Wildman–Crippen LogP) is 7.40. The highest BCUT2D eigenvalue weighted by molar-refractivity contribution is 7.98. The molecule has 4 nitrogen and oxygen atoms in total. The summed E-state index contributed by atoms with van der Waals surface area (Å²) in [5.41, 5.74) is 14.9. The van der Waals surface area contributed by atoms with Gasteiger partial charge in [-0.05, 0) is 54.4 Å². The second-order valence-electron chi connectivity index (χ2n) is 8.31. The van der Waals surface area contributed by atoms with Gasteiger partial charge < -0.3 is 10.5 Å². The summed E-state index contributed by atoms with van der Waals surface area (Å²) in [7, 11) is 1.68. The van der Waals surface area contributed by atoms with Gasteiger partial charge in [0.1, 0.15) is 5.75 Å². The third kappa shape index (κ3) is 4.81. The lowest BCUT2D eigenvalue weighted by Gasteiger charge is -2.12. The average molecular weight is 478 g/mol. The second-order valence-corrected chi connectivity index (χ2v) is 9.33. The van der Waals surface area contributed by atoms with Crippen LogP contribution < -0.4 is 10.5 Å². The normalized spacial score (nSPS) is 10.9. The lowest BCUT2D eigenvalue weighted by Crippen LogP contribution is -1.99. The number of hydrogen-bond donors (Lipinski definition) is 1. The number of hydrogen-bond acceptors (Lipinski definition) is 4. The van der Waals surface area contributed by atoms with E-state index in [0.717, 1.165) is 55.9 Å². The van der Waals surface area contributed by atoms with Crippen molar-refractivity contribution in [2.45, 2.75) is 17.6 Å². The number of nitrogen functional groups attached to an aromatic ring is 1. The zero-order valence-corrected chi connectivity index (χ0v) is 20.6. The number of ether oxygens (including phenoxy) is 1. The van der Waals surface area contributed by atoms with Crippen molar-refractivity contribution in [3.8, 4) is 33.8 Å². The van der Waals surface area contributed by atoms with Crippen LogP contribution in [0.1, 0.15) is 11.3 Å². The molecule has 0 bridgehead atoms. The lowest BCUT2D eigenvalue weighted by molar-refractivity contribution is 0.414. The summed E-state index contributed by atoms with van der Waals surface area (Å²) in [5.74, 6) is 1.71.